The Hall–Kier alpha value is -1.33. The van der Waals surface area contributed by atoms with Crippen LogP contribution in [-0.2, 0) is 0 Å². The van der Waals surface area contributed by atoms with Gasteiger partial charge in [0.05, 0.1) is 11.9 Å². The molecule has 0 spiro atoms. The lowest BCUT2D eigenvalue weighted by atomic mass is 10.2. The van der Waals surface area contributed by atoms with Crippen molar-refractivity contribution in [2.75, 3.05) is 44.2 Å². The monoisotopic (exact) mass is 296 g/mol. The number of anilines is 1. The average molecular weight is 297 g/mol. The normalized spacial score (nSPS) is 18.8. The van der Waals surface area contributed by atoms with E-state index in [1.54, 1.807) is 0 Å². The highest BCUT2D eigenvalue weighted by molar-refractivity contribution is 5.92. The molecule has 1 aromatic rings. The topological polar surface area (TPSA) is 48.5 Å². The van der Waals surface area contributed by atoms with Gasteiger partial charge in [-0.05, 0) is 25.0 Å². The summed E-state index contributed by atoms with van der Waals surface area (Å²) in [6.45, 7) is 5.77. The maximum atomic E-state index is 12.2. The first-order valence-corrected chi connectivity index (χ1v) is 7.05. The molecule has 0 saturated carbocycles. The van der Waals surface area contributed by atoms with Gasteiger partial charge < -0.3 is 15.1 Å². The Labute approximate surface area is 125 Å². The van der Waals surface area contributed by atoms with Gasteiger partial charge in [-0.15, -0.1) is 12.4 Å². The van der Waals surface area contributed by atoms with Gasteiger partial charge in [0.15, 0.2) is 0 Å². The number of carbonyl (C=O) groups is 1. The fraction of sp³-hybridized carbons (Fsp3) is 0.571. The van der Waals surface area contributed by atoms with Gasteiger partial charge in [0, 0.05) is 39.3 Å². The second-order valence-corrected chi connectivity index (χ2v) is 5.14. The number of amides is 1. The van der Waals surface area contributed by atoms with Crippen molar-refractivity contribution in [3.05, 3.63) is 24.0 Å². The summed E-state index contributed by atoms with van der Waals surface area (Å²) in [5, 5.41) is 3.33. The first kappa shape index (κ1) is 15.1. The molecule has 1 amide bonds. The van der Waals surface area contributed by atoms with E-state index in [0.29, 0.717) is 5.69 Å². The van der Waals surface area contributed by atoms with Crippen LogP contribution in [0.5, 0.6) is 0 Å². The zero-order valence-electron chi connectivity index (χ0n) is 11.5. The predicted molar refractivity (Wildman–Crippen MR) is 81.7 cm³/mol. The summed E-state index contributed by atoms with van der Waals surface area (Å²) < 4.78 is 0. The number of hydrogen-bond acceptors (Lipinski definition) is 4. The minimum Gasteiger partial charge on any atom is -0.368 e. The van der Waals surface area contributed by atoms with Gasteiger partial charge in [-0.25, -0.2) is 4.98 Å². The molecule has 5 nitrogen and oxygen atoms in total. The van der Waals surface area contributed by atoms with E-state index in [2.05, 4.69) is 15.2 Å². The standard InChI is InChI=1S/C14H20N4O.ClH/c19-14(18-7-1-2-8-18)13-4-3-12(11-16-13)17-9-5-15-6-10-17;/h3-4,11,15H,1-2,5-10H2;1H. The molecule has 0 bridgehead atoms. The van der Waals surface area contributed by atoms with Crippen LogP contribution in [0.3, 0.4) is 0 Å². The summed E-state index contributed by atoms with van der Waals surface area (Å²) in [4.78, 5) is 20.7. The van der Waals surface area contributed by atoms with E-state index in [1.807, 2.05) is 23.2 Å². The number of aromatic nitrogens is 1. The van der Waals surface area contributed by atoms with Crippen LogP contribution < -0.4 is 10.2 Å². The number of nitrogens with one attached hydrogen (secondary N) is 1. The van der Waals surface area contributed by atoms with Crippen molar-refractivity contribution in [1.82, 2.24) is 15.2 Å². The zero-order chi connectivity index (χ0) is 13.1. The molecular formula is C14H21ClN4O. The Morgan fingerprint density at radius 2 is 1.80 bits per heavy atom. The van der Waals surface area contributed by atoms with Gasteiger partial charge in [0.25, 0.3) is 5.91 Å². The molecule has 1 aromatic heterocycles. The molecule has 0 radical (unpaired) electrons. The summed E-state index contributed by atoms with van der Waals surface area (Å²) in [6, 6.07) is 3.87. The third kappa shape index (κ3) is 3.22. The quantitative estimate of drug-likeness (QED) is 0.889. The SMILES string of the molecule is Cl.O=C(c1ccc(N2CCNCC2)cn1)N1CCCC1. The molecule has 2 aliphatic rings. The highest BCUT2D eigenvalue weighted by Gasteiger charge is 2.20. The molecule has 2 saturated heterocycles. The van der Waals surface area contributed by atoms with E-state index in [4.69, 9.17) is 0 Å². The van der Waals surface area contributed by atoms with Crippen LogP contribution in [0.15, 0.2) is 18.3 Å². The second kappa shape index (κ2) is 6.90. The molecule has 110 valence electrons. The maximum absolute atomic E-state index is 12.2. The molecule has 6 heteroatoms. The van der Waals surface area contributed by atoms with Crippen molar-refractivity contribution in [1.29, 1.82) is 0 Å². The Morgan fingerprint density at radius 1 is 1.10 bits per heavy atom. The lowest BCUT2D eigenvalue weighted by Crippen LogP contribution is -2.43. The smallest absolute Gasteiger partial charge is 0.272 e. The third-order valence-electron chi connectivity index (χ3n) is 3.84. The van der Waals surface area contributed by atoms with Crippen molar-refractivity contribution in [3.63, 3.8) is 0 Å². The molecule has 20 heavy (non-hydrogen) atoms. The van der Waals surface area contributed by atoms with Crippen LogP contribution in [0.1, 0.15) is 23.3 Å². The van der Waals surface area contributed by atoms with E-state index in [-0.39, 0.29) is 18.3 Å². The van der Waals surface area contributed by atoms with Crippen molar-refractivity contribution in [3.8, 4) is 0 Å². The van der Waals surface area contributed by atoms with Gasteiger partial charge >= 0.3 is 0 Å². The fourth-order valence-corrected chi connectivity index (χ4v) is 2.70. The molecule has 3 rings (SSSR count). The molecule has 0 aliphatic carbocycles. The van der Waals surface area contributed by atoms with E-state index in [1.165, 1.54) is 0 Å². The van der Waals surface area contributed by atoms with Crippen LogP contribution in [0, 0.1) is 0 Å². The number of halogens is 1. The van der Waals surface area contributed by atoms with E-state index >= 15 is 0 Å². The summed E-state index contributed by atoms with van der Waals surface area (Å²) in [5.41, 5.74) is 1.68. The highest BCUT2D eigenvalue weighted by atomic mass is 35.5. The molecule has 2 fully saturated rings. The van der Waals surface area contributed by atoms with E-state index in [9.17, 15) is 4.79 Å². The molecule has 3 heterocycles. The largest absolute Gasteiger partial charge is 0.368 e. The van der Waals surface area contributed by atoms with Gasteiger partial charge in [0.1, 0.15) is 5.69 Å². The van der Waals surface area contributed by atoms with Crippen molar-refractivity contribution >= 4 is 24.0 Å². The third-order valence-corrected chi connectivity index (χ3v) is 3.84. The second-order valence-electron chi connectivity index (χ2n) is 5.14. The van der Waals surface area contributed by atoms with Crippen molar-refractivity contribution in [2.24, 2.45) is 0 Å². The molecule has 0 atom stereocenters. The van der Waals surface area contributed by atoms with Crippen LogP contribution in [-0.4, -0.2) is 55.1 Å². The Morgan fingerprint density at radius 3 is 2.40 bits per heavy atom. The van der Waals surface area contributed by atoms with E-state index < -0.39 is 0 Å². The van der Waals surface area contributed by atoms with Gasteiger partial charge in [-0.2, -0.15) is 0 Å². The minimum atomic E-state index is 0. The molecular weight excluding hydrogens is 276 g/mol. The summed E-state index contributed by atoms with van der Waals surface area (Å²) in [5.74, 6) is 0.0735. The lowest BCUT2D eigenvalue weighted by Gasteiger charge is -2.29. The number of nitrogens with zero attached hydrogens (tertiary/aromatic N) is 3. The zero-order valence-corrected chi connectivity index (χ0v) is 12.4. The first-order chi connectivity index (χ1) is 9.34. The fourth-order valence-electron chi connectivity index (χ4n) is 2.70. The van der Waals surface area contributed by atoms with Gasteiger partial charge in [-0.3, -0.25) is 4.79 Å². The summed E-state index contributed by atoms with van der Waals surface area (Å²) >= 11 is 0. The summed E-state index contributed by atoms with van der Waals surface area (Å²) in [7, 11) is 0. The number of likely N-dealkylation sites (tertiary alicyclic amines) is 1. The van der Waals surface area contributed by atoms with Crippen LogP contribution in [0.4, 0.5) is 5.69 Å². The number of piperazine rings is 1. The predicted octanol–water partition coefficient (Wildman–Crippen LogP) is 1.15. The molecule has 2 aliphatic heterocycles. The Bertz CT molecular complexity index is 439. The van der Waals surface area contributed by atoms with Crippen molar-refractivity contribution in [2.45, 2.75) is 12.8 Å². The number of hydrogen-bond donors (Lipinski definition) is 1. The molecule has 1 N–H and O–H groups in total. The Balaban J connectivity index is 0.00000147. The summed E-state index contributed by atoms with van der Waals surface area (Å²) in [6.07, 6.45) is 4.06. The van der Waals surface area contributed by atoms with Gasteiger partial charge in [-0.1, -0.05) is 0 Å². The molecule has 0 aromatic carbocycles. The van der Waals surface area contributed by atoms with Crippen LogP contribution >= 0.6 is 12.4 Å². The molecule has 0 unspecified atom stereocenters. The van der Waals surface area contributed by atoms with Crippen LogP contribution in [0.25, 0.3) is 0 Å². The van der Waals surface area contributed by atoms with Crippen LogP contribution in [0.2, 0.25) is 0 Å². The van der Waals surface area contributed by atoms with Crippen molar-refractivity contribution < 1.29 is 4.79 Å². The number of rotatable bonds is 2. The average Bonchev–Trinajstić information content (AvgIpc) is 3.02. The van der Waals surface area contributed by atoms with E-state index in [0.717, 1.165) is 57.8 Å². The number of carbonyl (C=O) groups excluding carboxylic acids is 1. The first-order valence-electron chi connectivity index (χ1n) is 7.05. The lowest BCUT2D eigenvalue weighted by molar-refractivity contribution is 0.0787. The Kier molecular flexibility index (Phi) is 5.20. The maximum Gasteiger partial charge on any atom is 0.272 e. The highest BCUT2D eigenvalue weighted by Crippen LogP contribution is 2.16. The number of pyridine rings is 1. The minimum absolute atomic E-state index is 0. The van der Waals surface area contributed by atoms with Gasteiger partial charge in [0.2, 0.25) is 0 Å².